The Morgan fingerprint density at radius 3 is 3.00 bits per heavy atom. The minimum Gasteiger partial charge on any atom is -0.449 e. The van der Waals surface area contributed by atoms with E-state index in [-0.39, 0.29) is 5.97 Å². The summed E-state index contributed by atoms with van der Waals surface area (Å²) in [7, 11) is 2.05. The molecule has 3 nitrogen and oxygen atoms in total. The summed E-state index contributed by atoms with van der Waals surface area (Å²) in [5.41, 5.74) is 1.36. The predicted molar refractivity (Wildman–Crippen MR) is 63.3 cm³/mol. The molecule has 0 aromatic heterocycles. The maximum Gasteiger partial charge on any atom is 0.339 e. The second-order valence-corrected chi connectivity index (χ2v) is 5.48. The third kappa shape index (κ3) is 1.33. The highest BCUT2D eigenvalue weighted by Gasteiger charge is 2.49. The Balaban J connectivity index is 2.14. The minimum absolute atomic E-state index is 0.183. The van der Waals surface area contributed by atoms with Gasteiger partial charge >= 0.3 is 5.97 Å². The highest BCUT2D eigenvalue weighted by atomic mass is 79.9. The fourth-order valence-corrected chi connectivity index (χ4v) is 2.99. The van der Waals surface area contributed by atoms with E-state index in [1.54, 1.807) is 0 Å². The van der Waals surface area contributed by atoms with Crippen LogP contribution in [0.15, 0.2) is 22.7 Å². The van der Waals surface area contributed by atoms with Gasteiger partial charge in [-0.3, -0.25) is 0 Å². The maximum atomic E-state index is 11.8. The summed E-state index contributed by atoms with van der Waals surface area (Å²) in [5.74, 6) is -0.183. The van der Waals surface area contributed by atoms with Crippen molar-refractivity contribution in [3.05, 3.63) is 33.8 Å². The summed E-state index contributed by atoms with van der Waals surface area (Å²) in [4.78, 5) is 14.0. The van der Waals surface area contributed by atoms with Gasteiger partial charge in [0.25, 0.3) is 0 Å². The number of carbonyl (C=O) groups is 1. The fourth-order valence-electron chi connectivity index (χ4n) is 2.63. The predicted octanol–water partition coefficient (Wildman–Crippen LogP) is 2.15. The first kappa shape index (κ1) is 10.3. The number of hydrogen-bond donors (Lipinski definition) is 0. The molecule has 0 amide bonds. The summed E-state index contributed by atoms with van der Waals surface area (Å²) < 4.78 is 6.60. The molecule has 1 saturated heterocycles. The van der Waals surface area contributed by atoms with Crippen molar-refractivity contribution in [3.8, 4) is 0 Å². The van der Waals surface area contributed by atoms with E-state index in [0.717, 1.165) is 35.1 Å². The summed E-state index contributed by atoms with van der Waals surface area (Å²) in [6, 6.07) is 5.74. The molecule has 2 heterocycles. The molecule has 84 valence electrons. The molecule has 1 spiro atoms. The van der Waals surface area contributed by atoms with Crippen molar-refractivity contribution in [1.29, 1.82) is 0 Å². The molecule has 0 bridgehead atoms. The number of likely N-dealkylation sites (tertiary alicyclic amines) is 1. The molecular weight excluding hydrogens is 270 g/mol. The zero-order valence-corrected chi connectivity index (χ0v) is 10.6. The van der Waals surface area contributed by atoms with E-state index in [9.17, 15) is 4.79 Å². The lowest BCUT2D eigenvalue weighted by Gasteiger charge is -2.23. The molecule has 1 fully saturated rings. The zero-order chi connectivity index (χ0) is 11.3. The van der Waals surface area contributed by atoms with Crippen LogP contribution in [-0.2, 0) is 10.3 Å². The molecule has 1 unspecified atom stereocenters. The van der Waals surface area contributed by atoms with Gasteiger partial charge in [0.1, 0.15) is 0 Å². The smallest absolute Gasteiger partial charge is 0.339 e. The molecule has 2 aliphatic rings. The summed E-state index contributed by atoms with van der Waals surface area (Å²) in [6.07, 6.45) is 0.888. The van der Waals surface area contributed by atoms with E-state index in [1.807, 2.05) is 18.2 Å². The number of ether oxygens (including phenoxy) is 1. The Morgan fingerprint density at radius 2 is 2.31 bits per heavy atom. The van der Waals surface area contributed by atoms with Gasteiger partial charge in [-0.1, -0.05) is 15.9 Å². The number of fused-ring (bicyclic) bond motifs is 2. The maximum absolute atomic E-state index is 11.8. The van der Waals surface area contributed by atoms with Gasteiger partial charge < -0.3 is 9.64 Å². The van der Waals surface area contributed by atoms with Crippen molar-refractivity contribution in [2.24, 2.45) is 0 Å². The lowest BCUT2D eigenvalue weighted by molar-refractivity contribution is -0.00225. The molecule has 16 heavy (non-hydrogen) atoms. The van der Waals surface area contributed by atoms with Gasteiger partial charge in [-0.05, 0) is 25.2 Å². The average molecular weight is 282 g/mol. The number of hydrogen-bond acceptors (Lipinski definition) is 3. The molecule has 1 aromatic carbocycles. The quantitative estimate of drug-likeness (QED) is 0.683. The Bertz CT molecular complexity index is 474. The number of likely N-dealkylation sites (N-methyl/N-ethyl adjacent to an activating group) is 1. The molecule has 0 radical (unpaired) electrons. The molecular formula is C12H12BrNO2. The number of rotatable bonds is 0. The van der Waals surface area contributed by atoms with Crippen LogP contribution in [0.2, 0.25) is 0 Å². The number of nitrogens with zero attached hydrogens (tertiary/aromatic N) is 1. The van der Waals surface area contributed by atoms with Crippen LogP contribution in [0.1, 0.15) is 22.3 Å². The van der Waals surface area contributed by atoms with Crippen molar-refractivity contribution >= 4 is 21.9 Å². The molecule has 2 aliphatic heterocycles. The SMILES string of the molecule is CN1CCC2(C1)OC(=O)c1ccc(Br)cc12. The first-order valence-corrected chi connectivity index (χ1v) is 6.12. The van der Waals surface area contributed by atoms with Crippen molar-refractivity contribution in [3.63, 3.8) is 0 Å². The lowest BCUT2D eigenvalue weighted by Crippen LogP contribution is -2.29. The molecule has 1 aromatic rings. The van der Waals surface area contributed by atoms with Gasteiger partial charge in [-0.2, -0.15) is 0 Å². The fraction of sp³-hybridized carbons (Fsp3) is 0.417. The van der Waals surface area contributed by atoms with Crippen molar-refractivity contribution in [1.82, 2.24) is 4.90 Å². The normalized spacial score (nSPS) is 28.5. The highest BCUT2D eigenvalue weighted by Crippen LogP contribution is 2.43. The first-order valence-electron chi connectivity index (χ1n) is 5.33. The standard InChI is InChI=1S/C12H12BrNO2/c1-14-5-4-12(7-14)10-6-8(13)2-3-9(10)11(15)16-12/h2-3,6H,4-5,7H2,1H3. The number of esters is 1. The van der Waals surface area contributed by atoms with Gasteiger partial charge in [0.15, 0.2) is 5.60 Å². The van der Waals surface area contributed by atoms with Crippen LogP contribution in [0.3, 0.4) is 0 Å². The third-order valence-electron chi connectivity index (χ3n) is 3.40. The summed E-state index contributed by atoms with van der Waals surface area (Å²) in [5, 5.41) is 0. The van der Waals surface area contributed by atoms with Crippen LogP contribution in [-0.4, -0.2) is 31.0 Å². The Labute approximate surface area is 103 Å². The average Bonchev–Trinajstić information content (AvgIpc) is 2.71. The number of benzene rings is 1. The van der Waals surface area contributed by atoms with Gasteiger partial charge in [-0.15, -0.1) is 0 Å². The summed E-state index contributed by atoms with van der Waals surface area (Å²) >= 11 is 3.45. The zero-order valence-electron chi connectivity index (χ0n) is 9.00. The molecule has 0 aliphatic carbocycles. The van der Waals surface area contributed by atoms with Crippen LogP contribution in [0.25, 0.3) is 0 Å². The van der Waals surface area contributed by atoms with Crippen molar-refractivity contribution in [2.45, 2.75) is 12.0 Å². The van der Waals surface area contributed by atoms with Crippen LogP contribution < -0.4 is 0 Å². The molecule has 1 atom stereocenters. The monoisotopic (exact) mass is 281 g/mol. The van der Waals surface area contributed by atoms with Gasteiger partial charge in [-0.25, -0.2) is 4.79 Å². The van der Waals surface area contributed by atoms with E-state index in [2.05, 4.69) is 27.9 Å². The third-order valence-corrected chi connectivity index (χ3v) is 3.90. The second kappa shape index (κ2) is 3.31. The van der Waals surface area contributed by atoms with Gasteiger partial charge in [0.2, 0.25) is 0 Å². The lowest BCUT2D eigenvalue weighted by atomic mass is 9.92. The van der Waals surface area contributed by atoms with Crippen LogP contribution >= 0.6 is 15.9 Å². The van der Waals surface area contributed by atoms with Crippen LogP contribution in [0.5, 0.6) is 0 Å². The van der Waals surface area contributed by atoms with Gasteiger partial charge in [0, 0.05) is 29.5 Å². The largest absolute Gasteiger partial charge is 0.449 e. The molecule has 0 saturated carbocycles. The van der Waals surface area contributed by atoms with E-state index < -0.39 is 5.60 Å². The second-order valence-electron chi connectivity index (χ2n) is 4.56. The van der Waals surface area contributed by atoms with E-state index in [1.165, 1.54) is 0 Å². The number of carbonyl (C=O) groups excluding carboxylic acids is 1. The van der Waals surface area contributed by atoms with Crippen LogP contribution in [0.4, 0.5) is 0 Å². The van der Waals surface area contributed by atoms with Crippen molar-refractivity contribution < 1.29 is 9.53 Å². The Morgan fingerprint density at radius 1 is 1.50 bits per heavy atom. The first-order chi connectivity index (χ1) is 7.61. The van der Waals surface area contributed by atoms with E-state index in [4.69, 9.17) is 4.74 Å². The topological polar surface area (TPSA) is 29.5 Å². The molecule has 4 heteroatoms. The van der Waals surface area contributed by atoms with Crippen LogP contribution in [0, 0.1) is 0 Å². The minimum atomic E-state index is -0.398. The summed E-state index contributed by atoms with van der Waals surface area (Å²) in [6.45, 7) is 1.77. The van der Waals surface area contributed by atoms with E-state index >= 15 is 0 Å². The molecule has 3 rings (SSSR count). The van der Waals surface area contributed by atoms with Gasteiger partial charge in [0.05, 0.1) is 5.56 Å². The number of halogens is 1. The Hall–Kier alpha value is -0.870. The highest BCUT2D eigenvalue weighted by molar-refractivity contribution is 9.10. The van der Waals surface area contributed by atoms with E-state index in [0.29, 0.717) is 0 Å². The Kier molecular flexibility index (Phi) is 2.13. The molecule has 0 N–H and O–H groups in total. The van der Waals surface area contributed by atoms with Crippen molar-refractivity contribution in [2.75, 3.05) is 20.1 Å².